The Hall–Kier alpha value is -1.30. The van der Waals surface area contributed by atoms with E-state index in [1.165, 1.54) is 7.11 Å². The van der Waals surface area contributed by atoms with Gasteiger partial charge >= 0.3 is 12.1 Å². The van der Waals surface area contributed by atoms with Gasteiger partial charge in [-0.1, -0.05) is 0 Å². The molecule has 0 bridgehead atoms. The van der Waals surface area contributed by atoms with Gasteiger partial charge in [-0.15, -0.1) is 0 Å². The number of piperidine rings is 1. The van der Waals surface area contributed by atoms with Gasteiger partial charge in [0.25, 0.3) is 0 Å². The Balaban J connectivity index is 2.59. The molecule has 0 aromatic heterocycles. The first-order valence-corrected chi connectivity index (χ1v) is 6.51. The largest absolute Gasteiger partial charge is 0.468 e. The summed E-state index contributed by atoms with van der Waals surface area (Å²) in [5, 5.41) is 3.09. The molecule has 1 N–H and O–H groups in total. The Morgan fingerprint density at radius 2 is 1.95 bits per heavy atom. The summed E-state index contributed by atoms with van der Waals surface area (Å²) < 4.78 is 10.0. The van der Waals surface area contributed by atoms with Crippen LogP contribution in [0.25, 0.3) is 0 Å². The Labute approximate surface area is 114 Å². The maximum atomic E-state index is 12.0. The van der Waals surface area contributed by atoms with Gasteiger partial charge in [0.2, 0.25) is 0 Å². The predicted molar refractivity (Wildman–Crippen MR) is 70.8 cm³/mol. The molecule has 0 aromatic carbocycles. The van der Waals surface area contributed by atoms with E-state index in [4.69, 9.17) is 9.47 Å². The van der Waals surface area contributed by atoms with Crippen molar-refractivity contribution in [2.24, 2.45) is 0 Å². The van der Waals surface area contributed by atoms with Crippen molar-refractivity contribution in [1.82, 2.24) is 10.2 Å². The van der Waals surface area contributed by atoms with E-state index >= 15 is 0 Å². The minimum atomic E-state index is -0.514. The van der Waals surface area contributed by atoms with Gasteiger partial charge in [-0.25, -0.2) is 4.79 Å². The molecule has 2 atom stereocenters. The second-order valence-electron chi connectivity index (χ2n) is 5.80. The van der Waals surface area contributed by atoms with Crippen molar-refractivity contribution in [3.05, 3.63) is 0 Å². The fourth-order valence-electron chi connectivity index (χ4n) is 2.05. The van der Waals surface area contributed by atoms with Gasteiger partial charge < -0.3 is 19.7 Å². The topological polar surface area (TPSA) is 67.9 Å². The van der Waals surface area contributed by atoms with Crippen LogP contribution in [0.4, 0.5) is 4.79 Å². The summed E-state index contributed by atoms with van der Waals surface area (Å²) in [6, 6.07) is -0.367. The maximum absolute atomic E-state index is 12.0. The first-order chi connectivity index (χ1) is 8.74. The molecule has 0 radical (unpaired) electrons. The number of esters is 1. The van der Waals surface area contributed by atoms with E-state index < -0.39 is 5.60 Å². The average Bonchev–Trinajstić information content (AvgIpc) is 2.35. The summed E-state index contributed by atoms with van der Waals surface area (Å²) in [6.07, 6.45) is 0.981. The summed E-state index contributed by atoms with van der Waals surface area (Å²) in [5.74, 6) is -0.290. The van der Waals surface area contributed by atoms with Crippen molar-refractivity contribution >= 4 is 12.1 Å². The zero-order valence-electron chi connectivity index (χ0n) is 12.4. The average molecular weight is 272 g/mol. The maximum Gasteiger partial charge on any atom is 0.410 e. The van der Waals surface area contributed by atoms with E-state index in [1.807, 2.05) is 20.8 Å². The van der Waals surface area contributed by atoms with Crippen molar-refractivity contribution in [2.75, 3.05) is 20.7 Å². The van der Waals surface area contributed by atoms with Crippen molar-refractivity contribution in [3.8, 4) is 0 Å². The number of hydrogen-bond acceptors (Lipinski definition) is 5. The third kappa shape index (κ3) is 4.70. The Morgan fingerprint density at radius 3 is 2.47 bits per heavy atom. The number of carbonyl (C=O) groups is 2. The van der Waals surface area contributed by atoms with Gasteiger partial charge in [-0.2, -0.15) is 0 Å². The molecule has 0 unspecified atom stereocenters. The number of amides is 1. The van der Waals surface area contributed by atoms with E-state index in [9.17, 15) is 9.59 Å². The molecule has 19 heavy (non-hydrogen) atoms. The minimum Gasteiger partial charge on any atom is -0.468 e. The van der Waals surface area contributed by atoms with Gasteiger partial charge in [-0.05, 0) is 40.2 Å². The van der Waals surface area contributed by atoms with Gasteiger partial charge in [0.05, 0.1) is 7.11 Å². The molecule has 0 aromatic rings. The lowest BCUT2D eigenvalue weighted by molar-refractivity contribution is -0.144. The quantitative estimate of drug-likeness (QED) is 0.764. The molecule has 1 aliphatic rings. The summed E-state index contributed by atoms with van der Waals surface area (Å²) in [6.45, 7) is 6.17. The fourth-order valence-corrected chi connectivity index (χ4v) is 2.05. The van der Waals surface area contributed by atoms with Crippen molar-refractivity contribution < 1.29 is 19.1 Å². The van der Waals surface area contributed by atoms with Crippen molar-refractivity contribution in [1.29, 1.82) is 0 Å². The second-order valence-corrected chi connectivity index (χ2v) is 5.80. The second kappa shape index (κ2) is 6.23. The first kappa shape index (κ1) is 15.8. The van der Waals surface area contributed by atoms with Gasteiger partial charge in [0.1, 0.15) is 11.6 Å². The van der Waals surface area contributed by atoms with E-state index in [0.29, 0.717) is 13.0 Å². The number of nitrogens with one attached hydrogen (secondary N) is 1. The Morgan fingerprint density at radius 1 is 1.32 bits per heavy atom. The molecule has 0 spiro atoms. The monoisotopic (exact) mass is 272 g/mol. The van der Waals surface area contributed by atoms with Gasteiger partial charge in [0.15, 0.2) is 0 Å². The Bertz CT molecular complexity index is 338. The smallest absolute Gasteiger partial charge is 0.410 e. The third-order valence-corrected chi connectivity index (χ3v) is 3.09. The molecule has 0 saturated carbocycles. The molecule has 110 valence electrons. The molecule has 1 amide bonds. The summed E-state index contributed by atoms with van der Waals surface area (Å²) in [5.41, 5.74) is -0.514. The van der Waals surface area contributed by atoms with Crippen LogP contribution in [0.15, 0.2) is 0 Å². The number of nitrogens with zero attached hydrogens (tertiary/aromatic N) is 1. The number of methoxy groups -OCH3 is 1. The molecule has 1 aliphatic heterocycles. The van der Waals surface area contributed by atoms with E-state index in [-0.39, 0.29) is 24.1 Å². The van der Waals surface area contributed by atoms with Crippen LogP contribution in [0.1, 0.15) is 33.6 Å². The summed E-state index contributed by atoms with van der Waals surface area (Å²) in [7, 11) is 3.07. The van der Waals surface area contributed by atoms with Gasteiger partial charge in [-0.3, -0.25) is 4.79 Å². The van der Waals surface area contributed by atoms with Crippen molar-refractivity contribution in [2.45, 2.75) is 51.3 Å². The van der Waals surface area contributed by atoms with Crippen LogP contribution in [0.2, 0.25) is 0 Å². The normalized spacial score (nSPS) is 23.6. The number of ether oxygens (including phenoxy) is 2. The lowest BCUT2D eigenvalue weighted by Gasteiger charge is -2.35. The summed E-state index contributed by atoms with van der Waals surface area (Å²) >= 11 is 0. The molecular weight excluding hydrogens is 248 g/mol. The number of rotatable bonds is 2. The highest BCUT2D eigenvalue weighted by atomic mass is 16.6. The van der Waals surface area contributed by atoms with Crippen LogP contribution in [0, 0.1) is 0 Å². The van der Waals surface area contributed by atoms with Crippen LogP contribution >= 0.6 is 0 Å². The highest BCUT2D eigenvalue weighted by Gasteiger charge is 2.32. The van der Waals surface area contributed by atoms with E-state index in [0.717, 1.165) is 6.42 Å². The molecule has 1 fully saturated rings. The number of hydrogen-bond donors (Lipinski definition) is 1. The van der Waals surface area contributed by atoms with Crippen LogP contribution in [0.5, 0.6) is 0 Å². The lowest BCUT2D eigenvalue weighted by atomic mass is 9.98. The molecule has 0 aliphatic carbocycles. The van der Waals surface area contributed by atoms with Crippen LogP contribution in [-0.2, 0) is 14.3 Å². The van der Waals surface area contributed by atoms with Crippen molar-refractivity contribution in [3.63, 3.8) is 0 Å². The molecule has 1 saturated heterocycles. The Kier molecular flexibility index (Phi) is 5.17. The predicted octanol–water partition coefficient (Wildman–Crippen LogP) is 1.15. The third-order valence-electron chi connectivity index (χ3n) is 3.09. The van der Waals surface area contributed by atoms with Gasteiger partial charge in [0, 0.05) is 13.1 Å². The zero-order chi connectivity index (χ0) is 14.6. The number of carbonyl (C=O) groups excluding carboxylic acids is 2. The molecule has 1 heterocycles. The van der Waals surface area contributed by atoms with Crippen LogP contribution in [-0.4, -0.2) is 55.3 Å². The van der Waals surface area contributed by atoms with E-state index in [1.54, 1.807) is 11.9 Å². The lowest BCUT2D eigenvalue weighted by Crippen LogP contribution is -2.52. The fraction of sp³-hybridized carbons (Fsp3) is 0.846. The van der Waals surface area contributed by atoms with Crippen LogP contribution < -0.4 is 5.32 Å². The highest BCUT2D eigenvalue weighted by molar-refractivity contribution is 5.76. The molecular formula is C13H24N2O4. The molecule has 6 heteroatoms. The highest BCUT2D eigenvalue weighted by Crippen LogP contribution is 2.18. The first-order valence-electron chi connectivity index (χ1n) is 6.51. The standard InChI is InChI=1S/C13H24N2O4/c1-13(2,3)19-12(17)15(4)9-6-7-14-10(8-9)11(16)18-5/h9-10,14H,6-8H2,1-5H3/t9-,10-/m0/s1. The van der Waals surface area contributed by atoms with Crippen LogP contribution in [0.3, 0.4) is 0 Å². The molecule has 1 rings (SSSR count). The molecule has 6 nitrogen and oxygen atoms in total. The minimum absolute atomic E-state index is 0.0137. The van der Waals surface area contributed by atoms with E-state index in [2.05, 4.69) is 5.32 Å². The summed E-state index contributed by atoms with van der Waals surface area (Å²) in [4.78, 5) is 25.1. The zero-order valence-corrected chi connectivity index (χ0v) is 12.4. The SMILES string of the molecule is COC(=O)[C@@H]1C[C@@H](N(C)C(=O)OC(C)(C)C)CCN1.